The van der Waals surface area contributed by atoms with E-state index in [0.717, 1.165) is 18.5 Å². The minimum absolute atomic E-state index is 0.238. The molecular formula is C8H11N3O. The third-order valence-corrected chi connectivity index (χ3v) is 2.43. The van der Waals surface area contributed by atoms with Crippen LogP contribution < -0.4 is 11.1 Å². The van der Waals surface area contributed by atoms with Gasteiger partial charge >= 0.3 is 0 Å². The Hall–Kier alpha value is -1.32. The molecule has 0 radical (unpaired) electrons. The van der Waals surface area contributed by atoms with Crippen LogP contribution in [0.1, 0.15) is 12.8 Å². The molecule has 1 saturated carbocycles. The highest BCUT2D eigenvalue weighted by Crippen LogP contribution is 2.50. The van der Waals surface area contributed by atoms with Crippen molar-refractivity contribution in [3.63, 3.8) is 0 Å². The standard InChI is InChI=1S/C8H11N3O/c9-7(12)8(1-2-8)6-5-10-3-4-11-6/h3,5,11H,1-2,4H2,(H2,9,12). The predicted octanol–water partition coefficient (Wildman–Crippen LogP) is -0.233. The lowest BCUT2D eigenvalue weighted by Crippen LogP contribution is -2.34. The summed E-state index contributed by atoms with van der Waals surface area (Å²) in [5.41, 5.74) is 5.77. The number of primary amides is 1. The molecule has 1 amide bonds. The lowest BCUT2D eigenvalue weighted by atomic mass is 10.0. The molecule has 0 saturated heterocycles. The molecule has 0 atom stereocenters. The SMILES string of the molecule is NC(=O)C1(C2=CN=CCN2)CC1. The monoisotopic (exact) mass is 165 g/mol. The van der Waals surface area contributed by atoms with Gasteiger partial charge in [-0.15, -0.1) is 0 Å². The highest BCUT2D eigenvalue weighted by atomic mass is 16.1. The number of rotatable bonds is 2. The van der Waals surface area contributed by atoms with E-state index in [0.29, 0.717) is 6.54 Å². The molecule has 0 unspecified atom stereocenters. The van der Waals surface area contributed by atoms with Crippen molar-refractivity contribution in [2.75, 3.05) is 6.54 Å². The van der Waals surface area contributed by atoms with Gasteiger partial charge < -0.3 is 11.1 Å². The van der Waals surface area contributed by atoms with Crippen LogP contribution in [0.15, 0.2) is 16.9 Å². The Morgan fingerprint density at radius 1 is 1.67 bits per heavy atom. The van der Waals surface area contributed by atoms with E-state index in [-0.39, 0.29) is 5.91 Å². The van der Waals surface area contributed by atoms with E-state index >= 15 is 0 Å². The fraction of sp³-hybridized carbons (Fsp3) is 0.500. The molecule has 1 heterocycles. The zero-order chi connectivity index (χ0) is 8.60. The van der Waals surface area contributed by atoms with Gasteiger partial charge in [0.05, 0.1) is 12.0 Å². The summed E-state index contributed by atoms with van der Waals surface area (Å²) in [4.78, 5) is 15.1. The topological polar surface area (TPSA) is 67.5 Å². The number of nitrogens with one attached hydrogen (secondary N) is 1. The molecule has 4 heteroatoms. The largest absolute Gasteiger partial charge is 0.381 e. The zero-order valence-corrected chi connectivity index (χ0v) is 6.71. The molecule has 0 aromatic rings. The third kappa shape index (κ3) is 0.913. The van der Waals surface area contributed by atoms with E-state index in [9.17, 15) is 4.79 Å². The van der Waals surface area contributed by atoms with Crippen molar-refractivity contribution < 1.29 is 4.79 Å². The predicted molar refractivity (Wildman–Crippen MR) is 45.4 cm³/mol. The number of amides is 1. The number of hydrogen-bond donors (Lipinski definition) is 2. The van der Waals surface area contributed by atoms with E-state index in [1.54, 1.807) is 12.4 Å². The maximum Gasteiger partial charge on any atom is 0.229 e. The number of aliphatic imine (C=N–C) groups is 1. The Morgan fingerprint density at radius 2 is 2.42 bits per heavy atom. The van der Waals surface area contributed by atoms with Crippen molar-refractivity contribution in [2.24, 2.45) is 16.1 Å². The van der Waals surface area contributed by atoms with E-state index < -0.39 is 5.41 Å². The second-order valence-corrected chi connectivity index (χ2v) is 3.20. The number of carbonyl (C=O) groups is 1. The first kappa shape index (κ1) is 7.34. The molecule has 4 nitrogen and oxygen atoms in total. The molecule has 0 aromatic heterocycles. The molecule has 3 N–H and O–H groups in total. The summed E-state index contributed by atoms with van der Waals surface area (Å²) >= 11 is 0. The van der Waals surface area contributed by atoms with Gasteiger partial charge in [-0.2, -0.15) is 0 Å². The average molecular weight is 165 g/mol. The Labute approximate surface area is 70.5 Å². The number of nitrogens with zero attached hydrogens (tertiary/aromatic N) is 1. The maximum absolute atomic E-state index is 11.1. The quantitative estimate of drug-likeness (QED) is 0.593. The van der Waals surface area contributed by atoms with Crippen LogP contribution in [0.25, 0.3) is 0 Å². The molecule has 12 heavy (non-hydrogen) atoms. The summed E-state index contributed by atoms with van der Waals surface area (Å²) in [5, 5.41) is 3.11. The van der Waals surface area contributed by atoms with Gasteiger partial charge in [0, 0.05) is 18.1 Å². The highest BCUT2D eigenvalue weighted by Gasteiger charge is 2.52. The average Bonchev–Trinajstić information content (AvgIpc) is 2.86. The van der Waals surface area contributed by atoms with E-state index in [1.807, 2.05) is 0 Å². The van der Waals surface area contributed by atoms with Gasteiger partial charge in [0.25, 0.3) is 0 Å². The van der Waals surface area contributed by atoms with Crippen molar-refractivity contribution >= 4 is 12.1 Å². The van der Waals surface area contributed by atoms with Gasteiger partial charge in [-0.1, -0.05) is 0 Å². The first-order valence-electron chi connectivity index (χ1n) is 4.02. The second kappa shape index (κ2) is 2.33. The normalized spacial score (nSPS) is 24.2. The lowest BCUT2D eigenvalue weighted by Gasteiger charge is -2.18. The van der Waals surface area contributed by atoms with Gasteiger partial charge in [-0.05, 0) is 12.8 Å². The van der Waals surface area contributed by atoms with Crippen molar-refractivity contribution in [1.82, 2.24) is 5.32 Å². The first-order valence-corrected chi connectivity index (χ1v) is 4.02. The molecule has 0 bridgehead atoms. The minimum Gasteiger partial charge on any atom is -0.381 e. The van der Waals surface area contributed by atoms with Crippen LogP contribution in [0.4, 0.5) is 0 Å². The van der Waals surface area contributed by atoms with Crippen LogP contribution in [-0.2, 0) is 4.79 Å². The Morgan fingerprint density at radius 3 is 2.83 bits per heavy atom. The van der Waals surface area contributed by atoms with Crippen LogP contribution in [0.3, 0.4) is 0 Å². The minimum atomic E-state index is -0.405. The molecule has 0 aromatic carbocycles. The molecule has 1 aliphatic carbocycles. The van der Waals surface area contributed by atoms with Crippen molar-refractivity contribution in [3.8, 4) is 0 Å². The van der Waals surface area contributed by atoms with Crippen LogP contribution in [-0.4, -0.2) is 18.7 Å². The van der Waals surface area contributed by atoms with E-state index in [4.69, 9.17) is 5.73 Å². The van der Waals surface area contributed by atoms with Gasteiger partial charge in [0.15, 0.2) is 0 Å². The van der Waals surface area contributed by atoms with Crippen molar-refractivity contribution in [2.45, 2.75) is 12.8 Å². The summed E-state index contributed by atoms with van der Waals surface area (Å²) in [6.45, 7) is 0.695. The Bertz CT molecular complexity index is 276. The molecule has 2 rings (SSSR count). The lowest BCUT2D eigenvalue weighted by molar-refractivity contribution is -0.121. The van der Waals surface area contributed by atoms with Crippen molar-refractivity contribution in [1.29, 1.82) is 0 Å². The third-order valence-electron chi connectivity index (χ3n) is 2.43. The summed E-state index contributed by atoms with van der Waals surface area (Å²) in [6.07, 6.45) is 5.18. The van der Waals surface area contributed by atoms with Crippen LogP contribution in [0.2, 0.25) is 0 Å². The fourth-order valence-electron chi connectivity index (χ4n) is 1.45. The second-order valence-electron chi connectivity index (χ2n) is 3.20. The number of hydrogen-bond acceptors (Lipinski definition) is 3. The van der Waals surface area contributed by atoms with E-state index in [2.05, 4.69) is 10.3 Å². The summed E-state index contributed by atoms with van der Waals surface area (Å²) in [5.74, 6) is -0.238. The fourth-order valence-corrected chi connectivity index (χ4v) is 1.45. The molecular weight excluding hydrogens is 154 g/mol. The molecule has 2 aliphatic rings. The molecule has 64 valence electrons. The van der Waals surface area contributed by atoms with E-state index in [1.165, 1.54) is 0 Å². The first-order chi connectivity index (χ1) is 5.76. The van der Waals surface area contributed by atoms with Crippen LogP contribution >= 0.6 is 0 Å². The smallest absolute Gasteiger partial charge is 0.229 e. The van der Waals surface area contributed by atoms with Crippen LogP contribution in [0, 0.1) is 5.41 Å². The Balaban J connectivity index is 2.23. The number of carbonyl (C=O) groups excluding carboxylic acids is 1. The Kier molecular flexibility index (Phi) is 1.43. The summed E-state index contributed by atoms with van der Waals surface area (Å²) < 4.78 is 0. The molecule has 0 spiro atoms. The summed E-state index contributed by atoms with van der Waals surface area (Å²) in [7, 11) is 0. The van der Waals surface area contributed by atoms with Gasteiger partial charge in [0.2, 0.25) is 5.91 Å². The van der Waals surface area contributed by atoms with Gasteiger partial charge in [-0.3, -0.25) is 9.79 Å². The maximum atomic E-state index is 11.1. The number of nitrogens with two attached hydrogens (primary N) is 1. The van der Waals surface area contributed by atoms with Gasteiger partial charge in [-0.25, -0.2) is 0 Å². The summed E-state index contributed by atoms with van der Waals surface area (Å²) in [6, 6.07) is 0. The van der Waals surface area contributed by atoms with Gasteiger partial charge in [0.1, 0.15) is 0 Å². The zero-order valence-electron chi connectivity index (χ0n) is 6.71. The molecule has 1 fully saturated rings. The molecule has 1 aliphatic heterocycles. The highest BCUT2D eigenvalue weighted by molar-refractivity contribution is 5.87. The van der Waals surface area contributed by atoms with Crippen LogP contribution in [0.5, 0.6) is 0 Å². The van der Waals surface area contributed by atoms with Crippen molar-refractivity contribution in [3.05, 3.63) is 11.9 Å².